The van der Waals surface area contributed by atoms with E-state index in [4.69, 9.17) is 0 Å². The molecule has 3 rings (SSSR count). The van der Waals surface area contributed by atoms with Gasteiger partial charge in [-0.3, -0.25) is 4.79 Å². The second-order valence-electron chi connectivity index (χ2n) is 6.33. The van der Waals surface area contributed by atoms with Crippen LogP contribution in [0.25, 0.3) is 5.69 Å². The zero-order chi connectivity index (χ0) is 20.1. The van der Waals surface area contributed by atoms with Crippen molar-refractivity contribution in [1.82, 2.24) is 15.1 Å². The summed E-state index contributed by atoms with van der Waals surface area (Å²) in [4.78, 5) is 12.6. The van der Waals surface area contributed by atoms with Crippen LogP contribution < -0.4 is 5.32 Å². The first-order valence-electron chi connectivity index (χ1n) is 8.89. The van der Waals surface area contributed by atoms with Gasteiger partial charge < -0.3 is 5.32 Å². The van der Waals surface area contributed by atoms with Gasteiger partial charge in [0.05, 0.1) is 22.6 Å². The van der Waals surface area contributed by atoms with Crippen LogP contribution in [0.15, 0.2) is 48.5 Å². The first-order valence-corrected chi connectivity index (χ1v) is 10.0. The van der Waals surface area contributed by atoms with Crippen LogP contribution in [-0.2, 0) is 5.75 Å². The Morgan fingerprint density at radius 3 is 2.54 bits per heavy atom. The summed E-state index contributed by atoms with van der Waals surface area (Å²) < 4.78 is 28.4. The number of carbonyl (C=O) groups is 1. The highest BCUT2D eigenvalue weighted by molar-refractivity contribution is 7.98. The van der Waals surface area contributed by atoms with Crippen molar-refractivity contribution in [2.24, 2.45) is 0 Å². The quantitative estimate of drug-likeness (QED) is 0.596. The van der Waals surface area contributed by atoms with E-state index in [1.54, 1.807) is 47.6 Å². The van der Waals surface area contributed by atoms with Crippen molar-refractivity contribution < 1.29 is 13.6 Å². The highest BCUT2D eigenvalue weighted by Crippen LogP contribution is 2.19. The molecule has 2 aromatic carbocycles. The second kappa shape index (κ2) is 9.01. The van der Waals surface area contributed by atoms with Crippen LogP contribution in [0.2, 0.25) is 0 Å². The second-order valence-corrected chi connectivity index (χ2v) is 7.44. The van der Waals surface area contributed by atoms with Crippen molar-refractivity contribution in [3.05, 3.63) is 82.7 Å². The van der Waals surface area contributed by atoms with Crippen molar-refractivity contribution in [3.8, 4) is 5.69 Å². The van der Waals surface area contributed by atoms with Gasteiger partial charge in [0.2, 0.25) is 0 Å². The van der Waals surface area contributed by atoms with E-state index >= 15 is 0 Å². The molecule has 3 aromatic rings. The summed E-state index contributed by atoms with van der Waals surface area (Å²) >= 11 is 1.56. The van der Waals surface area contributed by atoms with Gasteiger partial charge in [-0.2, -0.15) is 16.9 Å². The number of hydrogen-bond acceptors (Lipinski definition) is 3. The molecule has 1 amide bonds. The molecule has 0 fully saturated rings. The number of thioether (sulfide) groups is 1. The van der Waals surface area contributed by atoms with Gasteiger partial charge in [-0.15, -0.1) is 0 Å². The lowest BCUT2D eigenvalue weighted by Gasteiger charge is -2.07. The number of halogens is 2. The van der Waals surface area contributed by atoms with Gasteiger partial charge >= 0.3 is 0 Å². The van der Waals surface area contributed by atoms with Crippen molar-refractivity contribution in [1.29, 1.82) is 0 Å². The summed E-state index contributed by atoms with van der Waals surface area (Å²) in [5, 5.41) is 7.30. The standard InChI is InChI=1S/C21H21F2N3OS/c1-14-20(15(2)26(25-14)18-9-7-17(22)8-10-18)21(27)24-11-12-28-13-16-5-3-4-6-19(16)23/h3-10H,11-13H2,1-2H3,(H,24,27). The topological polar surface area (TPSA) is 46.9 Å². The molecule has 0 saturated heterocycles. The molecule has 0 unspecified atom stereocenters. The normalized spacial score (nSPS) is 10.9. The van der Waals surface area contributed by atoms with Gasteiger partial charge in [0, 0.05) is 18.1 Å². The predicted molar refractivity (Wildman–Crippen MR) is 108 cm³/mol. The minimum absolute atomic E-state index is 0.199. The van der Waals surface area contributed by atoms with E-state index in [-0.39, 0.29) is 17.5 Å². The number of aromatic nitrogens is 2. The Balaban J connectivity index is 1.57. The highest BCUT2D eigenvalue weighted by atomic mass is 32.2. The average Bonchev–Trinajstić information content (AvgIpc) is 2.97. The molecule has 0 atom stereocenters. The summed E-state index contributed by atoms with van der Waals surface area (Å²) in [6.45, 7) is 4.05. The van der Waals surface area contributed by atoms with Crippen LogP contribution in [0, 0.1) is 25.5 Å². The Morgan fingerprint density at radius 1 is 1.11 bits per heavy atom. The third-order valence-electron chi connectivity index (χ3n) is 4.34. The van der Waals surface area contributed by atoms with E-state index in [0.717, 1.165) is 0 Å². The summed E-state index contributed by atoms with van der Waals surface area (Å²) in [5.41, 5.74) is 3.18. The van der Waals surface area contributed by atoms with Crippen LogP contribution >= 0.6 is 11.8 Å². The number of amides is 1. The first-order chi connectivity index (χ1) is 13.5. The Kier molecular flexibility index (Phi) is 6.46. The van der Waals surface area contributed by atoms with Crippen LogP contribution in [0.5, 0.6) is 0 Å². The van der Waals surface area contributed by atoms with Gasteiger partial charge in [-0.05, 0) is 49.7 Å². The zero-order valence-electron chi connectivity index (χ0n) is 15.7. The zero-order valence-corrected chi connectivity index (χ0v) is 16.5. The molecule has 0 radical (unpaired) electrons. The average molecular weight is 401 g/mol. The molecule has 0 saturated carbocycles. The van der Waals surface area contributed by atoms with E-state index in [9.17, 15) is 13.6 Å². The fourth-order valence-electron chi connectivity index (χ4n) is 2.93. The molecule has 1 heterocycles. The smallest absolute Gasteiger partial charge is 0.255 e. The molecule has 0 spiro atoms. The fourth-order valence-corrected chi connectivity index (χ4v) is 3.77. The first kappa shape index (κ1) is 20.1. The van der Waals surface area contributed by atoms with Crippen molar-refractivity contribution in [2.75, 3.05) is 12.3 Å². The van der Waals surface area contributed by atoms with E-state index in [2.05, 4.69) is 10.4 Å². The highest BCUT2D eigenvalue weighted by Gasteiger charge is 2.19. The largest absolute Gasteiger partial charge is 0.351 e. The van der Waals surface area contributed by atoms with Gasteiger partial charge in [0.25, 0.3) is 5.91 Å². The van der Waals surface area contributed by atoms with E-state index in [1.807, 2.05) is 13.0 Å². The van der Waals surface area contributed by atoms with Crippen molar-refractivity contribution in [2.45, 2.75) is 19.6 Å². The van der Waals surface area contributed by atoms with Gasteiger partial charge in [0.1, 0.15) is 11.6 Å². The molecule has 7 heteroatoms. The van der Waals surface area contributed by atoms with Gasteiger partial charge in [-0.25, -0.2) is 13.5 Å². The fraction of sp³-hybridized carbons (Fsp3) is 0.238. The minimum Gasteiger partial charge on any atom is -0.351 e. The molecule has 28 heavy (non-hydrogen) atoms. The maximum atomic E-state index is 13.6. The molecular weight excluding hydrogens is 380 g/mol. The lowest BCUT2D eigenvalue weighted by molar-refractivity contribution is 0.0955. The van der Waals surface area contributed by atoms with E-state index < -0.39 is 0 Å². The summed E-state index contributed by atoms with van der Waals surface area (Å²) in [6.07, 6.45) is 0. The number of hydrogen-bond donors (Lipinski definition) is 1. The van der Waals surface area contributed by atoms with E-state index in [0.29, 0.717) is 46.3 Å². The SMILES string of the molecule is Cc1nn(-c2ccc(F)cc2)c(C)c1C(=O)NCCSCc1ccccc1F. The molecule has 1 aromatic heterocycles. The Labute approximate surface area is 167 Å². The van der Waals surface area contributed by atoms with Crippen LogP contribution in [-0.4, -0.2) is 28.0 Å². The van der Waals surface area contributed by atoms with Crippen LogP contribution in [0.3, 0.4) is 0 Å². The Hall–Kier alpha value is -2.67. The van der Waals surface area contributed by atoms with Crippen LogP contribution in [0.4, 0.5) is 8.78 Å². The van der Waals surface area contributed by atoms with Crippen LogP contribution in [0.1, 0.15) is 27.3 Å². The molecule has 146 valence electrons. The minimum atomic E-state index is -0.323. The Morgan fingerprint density at radius 2 is 1.82 bits per heavy atom. The van der Waals surface area contributed by atoms with Crippen molar-refractivity contribution >= 4 is 17.7 Å². The summed E-state index contributed by atoms with van der Waals surface area (Å²) in [7, 11) is 0. The molecule has 0 aliphatic heterocycles. The molecule has 1 N–H and O–H groups in total. The maximum absolute atomic E-state index is 13.6. The van der Waals surface area contributed by atoms with Crippen molar-refractivity contribution in [3.63, 3.8) is 0 Å². The molecule has 0 bridgehead atoms. The van der Waals surface area contributed by atoms with Gasteiger partial charge in [0.15, 0.2) is 0 Å². The molecule has 0 aliphatic rings. The third kappa shape index (κ3) is 4.59. The number of aryl methyl sites for hydroxylation is 1. The lowest BCUT2D eigenvalue weighted by atomic mass is 10.2. The number of benzene rings is 2. The monoisotopic (exact) mass is 401 g/mol. The molecular formula is C21H21F2N3OS. The van der Waals surface area contributed by atoms with E-state index in [1.165, 1.54) is 18.2 Å². The molecule has 0 aliphatic carbocycles. The number of carbonyl (C=O) groups excluding carboxylic acids is 1. The Bertz CT molecular complexity index is 970. The number of nitrogens with zero attached hydrogens (tertiary/aromatic N) is 2. The maximum Gasteiger partial charge on any atom is 0.255 e. The predicted octanol–water partition coefficient (Wildman–Crippen LogP) is 4.43. The number of rotatable bonds is 7. The lowest BCUT2D eigenvalue weighted by Crippen LogP contribution is -2.26. The third-order valence-corrected chi connectivity index (χ3v) is 5.34. The van der Waals surface area contributed by atoms with Gasteiger partial charge in [-0.1, -0.05) is 18.2 Å². The number of nitrogens with one attached hydrogen (secondary N) is 1. The summed E-state index contributed by atoms with van der Waals surface area (Å²) in [5.74, 6) is 0.498. The molecule has 4 nitrogen and oxygen atoms in total. The summed E-state index contributed by atoms with van der Waals surface area (Å²) in [6, 6.07) is 12.6.